The third-order valence-corrected chi connectivity index (χ3v) is 11.4. The predicted octanol–water partition coefficient (Wildman–Crippen LogP) is 5.28. The molecule has 0 amide bonds. The fourth-order valence-corrected chi connectivity index (χ4v) is 11.5. The molecule has 0 radical (unpaired) electrons. The molecule has 0 aromatic heterocycles. The predicted molar refractivity (Wildman–Crippen MR) is 83.2 cm³/mol. The Morgan fingerprint density at radius 2 is 1.00 bits per heavy atom. The van der Waals surface area contributed by atoms with Gasteiger partial charge in [0, 0.05) is 0 Å². The molecule has 0 rings (SSSR count). The van der Waals surface area contributed by atoms with E-state index in [9.17, 15) is 0 Å². The van der Waals surface area contributed by atoms with Crippen molar-refractivity contribution in [3.05, 3.63) is 0 Å². The first-order chi connectivity index (χ1) is 7.85. The summed E-state index contributed by atoms with van der Waals surface area (Å²) in [5.74, 6) is 0. The molecule has 0 atom stereocenters. The Morgan fingerprint density at radius 3 is 1.18 bits per heavy atom. The lowest BCUT2D eigenvalue weighted by Crippen LogP contribution is -2.60. The lowest BCUT2D eigenvalue weighted by Gasteiger charge is -2.51. The minimum atomic E-state index is -1.37. The second kappa shape index (κ2) is 7.58. The van der Waals surface area contributed by atoms with Crippen LogP contribution in [-0.2, 0) is 0 Å². The van der Waals surface area contributed by atoms with Crippen LogP contribution >= 0.6 is 0 Å². The lowest BCUT2D eigenvalue weighted by atomic mass is 10.4. The maximum Gasteiger partial charge on any atom is 0.136 e. The van der Waals surface area contributed by atoms with E-state index < -0.39 is 8.24 Å². The highest BCUT2D eigenvalue weighted by molar-refractivity contribution is 6.80. The molecule has 0 saturated carbocycles. The molecule has 0 aliphatic carbocycles. The van der Waals surface area contributed by atoms with E-state index in [0.29, 0.717) is 0 Å². The van der Waals surface area contributed by atoms with E-state index in [-0.39, 0.29) is 0 Å². The lowest BCUT2D eigenvalue weighted by molar-refractivity contribution is 0.387. The Labute approximate surface area is 111 Å². The Kier molecular flexibility index (Phi) is 7.66. The van der Waals surface area contributed by atoms with Crippen LogP contribution in [0.3, 0.4) is 0 Å². The molecule has 0 unspecified atom stereocenters. The van der Waals surface area contributed by atoms with Gasteiger partial charge in [0.05, 0.1) is 0 Å². The van der Waals surface area contributed by atoms with Crippen LogP contribution in [0.15, 0.2) is 0 Å². The molecule has 0 N–H and O–H groups in total. The Balaban J connectivity index is 5.35. The second-order valence-electron chi connectivity index (χ2n) is 6.34. The minimum absolute atomic E-state index is 0.848. The van der Waals surface area contributed by atoms with Gasteiger partial charge in [0.1, 0.15) is 8.24 Å². The van der Waals surface area contributed by atoms with E-state index in [1.54, 1.807) is 0 Å². The molecular formula is C15H35NSi. The van der Waals surface area contributed by atoms with Gasteiger partial charge in [0.25, 0.3) is 0 Å². The monoisotopic (exact) mass is 257 g/mol. The fraction of sp³-hybridized carbons (Fsp3) is 1.00. The first kappa shape index (κ1) is 17.2. The van der Waals surface area contributed by atoms with Gasteiger partial charge in [-0.05, 0) is 42.6 Å². The SMILES string of the molecule is CCCN(CCC)[Si](C(C)C)(C(C)C)C(C)C. The zero-order chi connectivity index (χ0) is 13.6. The molecule has 1 nitrogen and oxygen atoms in total. The molecule has 0 saturated heterocycles. The van der Waals surface area contributed by atoms with Gasteiger partial charge in [-0.15, -0.1) is 0 Å². The summed E-state index contributed by atoms with van der Waals surface area (Å²) in [6.45, 7) is 22.0. The van der Waals surface area contributed by atoms with Crippen LogP contribution in [0.4, 0.5) is 0 Å². The van der Waals surface area contributed by atoms with Crippen molar-refractivity contribution in [2.24, 2.45) is 0 Å². The van der Waals surface area contributed by atoms with Crippen LogP contribution in [0, 0.1) is 0 Å². The molecular weight excluding hydrogens is 222 g/mol. The van der Waals surface area contributed by atoms with E-state index in [1.165, 1.54) is 25.9 Å². The van der Waals surface area contributed by atoms with Crippen molar-refractivity contribution in [3.63, 3.8) is 0 Å². The molecule has 0 heterocycles. The Bertz CT molecular complexity index is 171. The molecule has 0 aliphatic rings. The molecule has 0 fully saturated rings. The number of hydrogen-bond acceptors (Lipinski definition) is 1. The fourth-order valence-electron chi connectivity index (χ4n) is 4.13. The van der Waals surface area contributed by atoms with Crippen molar-refractivity contribution >= 4 is 8.24 Å². The highest BCUT2D eigenvalue weighted by atomic mass is 28.3. The van der Waals surface area contributed by atoms with Crippen molar-refractivity contribution in [2.45, 2.75) is 84.9 Å². The Morgan fingerprint density at radius 1 is 0.706 bits per heavy atom. The number of nitrogens with zero attached hydrogens (tertiary/aromatic N) is 1. The summed E-state index contributed by atoms with van der Waals surface area (Å²) in [6, 6.07) is 0. The molecule has 0 spiro atoms. The molecule has 104 valence electrons. The summed E-state index contributed by atoms with van der Waals surface area (Å²) in [4.78, 5) is 0. The van der Waals surface area contributed by atoms with Gasteiger partial charge >= 0.3 is 0 Å². The van der Waals surface area contributed by atoms with Gasteiger partial charge in [-0.1, -0.05) is 55.4 Å². The largest absolute Gasteiger partial charge is 0.323 e. The first-order valence-electron chi connectivity index (χ1n) is 7.60. The van der Waals surface area contributed by atoms with Crippen molar-refractivity contribution < 1.29 is 0 Å². The maximum absolute atomic E-state index is 2.91. The first-order valence-corrected chi connectivity index (χ1v) is 9.78. The summed E-state index contributed by atoms with van der Waals surface area (Å²) in [6.07, 6.45) is 2.59. The van der Waals surface area contributed by atoms with Crippen molar-refractivity contribution in [2.75, 3.05) is 13.1 Å². The number of rotatable bonds is 8. The van der Waals surface area contributed by atoms with E-state index in [2.05, 4.69) is 60.0 Å². The topological polar surface area (TPSA) is 3.24 Å². The zero-order valence-corrected chi connectivity index (χ0v) is 14.5. The molecule has 2 heteroatoms. The van der Waals surface area contributed by atoms with E-state index in [4.69, 9.17) is 0 Å². The van der Waals surface area contributed by atoms with E-state index in [1.807, 2.05) is 0 Å². The van der Waals surface area contributed by atoms with Gasteiger partial charge < -0.3 is 4.57 Å². The molecule has 0 aromatic rings. The van der Waals surface area contributed by atoms with Crippen LogP contribution in [0.2, 0.25) is 16.6 Å². The zero-order valence-electron chi connectivity index (χ0n) is 13.5. The molecule has 17 heavy (non-hydrogen) atoms. The van der Waals surface area contributed by atoms with Gasteiger partial charge in [0.2, 0.25) is 0 Å². The second-order valence-corrected chi connectivity index (χ2v) is 12.2. The Hall–Kier alpha value is 0.177. The van der Waals surface area contributed by atoms with Gasteiger partial charge in [-0.3, -0.25) is 0 Å². The van der Waals surface area contributed by atoms with Crippen LogP contribution in [0.5, 0.6) is 0 Å². The minimum Gasteiger partial charge on any atom is -0.323 e. The highest BCUT2D eigenvalue weighted by Gasteiger charge is 2.47. The van der Waals surface area contributed by atoms with Crippen molar-refractivity contribution in [1.29, 1.82) is 0 Å². The highest BCUT2D eigenvalue weighted by Crippen LogP contribution is 2.43. The third-order valence-electron chi connectivity index (χ3n) is 4.31. The smallest absolute Gasteiger partial charge is 0.136 e. The van der Waals surface area contributed by atoms with Crippen molar-refractivity contribution in [3.8, 4) is 0 Å². The summed E-state index contributed by atoms with van der Waals surface area (Å²) in [5.41, 5.74) is 2.54. The van der Waals surface area contributed by atoms with E-state index >= 15 is 0 Å². The molecule has 0 aliphatic heterocycles. The van der Waals surface area contributed by atoms with Crippen LogP contribution in [0.1, 0.15) is 68.2 Å². The van der Waals surface area contributed by atoms with Crippen LogP contribution in [-0.4, -0.2) is 25.9 Å². The summed E-state index contributed by atoms with van der Waals surface area (Å²) >= 11 is 0. The van der Waals surface area contributed by atoms with Crippen LogP contribution < -0.4 is 0 Å². The third kappa shape index (κ3) is 3.57. The summed E-state index contributed by atoms with van der Waals surface area (Å²) < 4.78 is 2.91. The number of hydrogen-bond donors (Lipinski definition) is 0. The van der Waals surface area contributed by atoms with Gasteiger partial charge in [-0.25, -0.2) is 0 Å². The summed E-state index contributed by atoms with van der Waals surface area (Å²) in [5, 5.41) is 0. The molecule has 0 aromatic carbocycles. The average molecular weight is 258 g/mol. The quantitative estimate of drug-likeness (QED) is 0.534. The van der Waals surface area contributed by atoms with Crippen molar-refractivity contribution in [1.82, 2.24) is 4.57 Å². The standard InChI is InChI=1S/C15H35NSi/c1-9-11-16(12-10-2)17(13(3)4,14(5)6)15(7)8/h13-15H,9-12H2,1-8H3. The maximum atomic E-state index is 2.91. The average Bonchev–Trinajstić information content (AvgIpc) is 2.17. The van der Waals surface area contributed by atoms with Gasteiger partial charge in [-0.2, -0.15) is 0 Å². The molecule has 0 bridgehead atoms. The van der Waals surface area contributed by atoms with E-state index in [0.717, 1.165) is 16.6 Å². The van der Waals surface area contributed by atoms with Crippen LogP contribution in [0.25, 0.3) is 0 Å². The normalized spacial score (nSPS) is 13.4. The van der Waals surface area contributed by atoms with Gasteiger partial charge in [0.15, 0.2) is 0 Å². The summed E-state index contributed by atoms with van der Waals surface area (Å²) in [7, 11) is -1.37.